The molecule has 0 spiro atoms. The number of thiocarbonyl (C=S) groups is 1. The topological polar surface area (TPSA) is 45.4 Å². The summed E-state index contributed by atoms with van der Waals surface area (Å²) in [4.78, 5) is 0.397. The van der Waals surface area contributed by atoms with E-state index >= 15 is 0 Å². The number of ether oxygens (including phenoxy) is 1. The second kappa shape index (κ2) is 9.55. The van der Waals surface area contributed by atoms with E-state index in [1.807, 2.05) is 99.3 Å². The number of nitrogens with zero attached hydrogens (tertiary/aromatic N) is 1. The Bertz CT molecular complexity index is 1110. The number of pyridine rings is 1. The van der Waals surface area contributed by atoms with Gasteiger partial charge in [0.25, 0.3) is 5.70 Å². The van der Waals surface area contributed by atoms with E-state index in [9.17, 15) is 5.11 Å². The number of aromatic nitrogens is 1. The van der Waals surface area contributed by atoms with Gasteiger partial charge in [-0.2, -0.15) is 4.57 Å². The van der Waals surface area contributed by atoms with Gasteiger partial charge >= 0.3 is 0 Å². The Morgan fingerprint density at radius 3 is 2.50 bits per heavy atom. The largest absolute Gasteiger partial charge is 0.502 e. The molecule has 0 radical (unpaired) electrons. The summed E-state index contributed by atoms with van der Waals surface area (Å²) in [5.41, 5.74) is 5.30. The maximum atomic E-state index is 11.3. The Kier molecular flexibility index (Phi) is 6.85. The van der Waals surface area contributed by atoms with Gasteiger partial charge in [-0.3, -0.25) is 0 Å². The van der Waals surface area contributed by atoms with Crippen LogP contribution in [-0.2, 0) is 0 Å². The van der Waals surface area contributed by atoms with E-state index in [0.717, 1.165) is 16.8 Å². The van der Waals surface area contributed by atoms with Gasteiger partial charge in [0.1, 0.15) is 5.75 Å². The van der Waals surface area contributed by atoms with Crippen LogP contribution in [0.4, 0.5) is 5.69 Å². The molecule has 5 heteroatoms. The molecule has 1 heterocycles. The highest BCUT2D eigenvalue weighted by Gasteiger charge is 2.25. The summed E-state index contributed by atoms with van der Waals surface area (Å²) in [6.07, 6.45) is 3.82. The smallest absolute Gasteiger partial charge is 0.288 e. The SMILES string of the molecule is CCOc1ccccc1NC(=S)C(=C(O)c1ccc(C)c(C)c1)[n+]1cccc(C)c1. The van der Waals surface area contributed by atoms with Gasteiger partial charge < -0.3 is 15.2 Å². The zero-order valence-corrected chi connectivity index (χ0v) is 18.6. The van der Waals surface area contributed by atoms with Crippen molar-refractivity contribution in [1.82, 2.24) is 0 Å². The lowest BCUT2D eigenvalue weighted by atomic mass is 10.0. The van der Waals surface area contributed by atoms with E-state index in [4.69, 9.17) is 17.0 Å². The van der Waals surface area contributed by atoms with Crippen LogP contribution in [0.25, 0.3) is 11.5 Å². The van der Waals surface area contributed by atoms with Gasteiger partial charge in [0.05, 0.1) is 12.3 Å². The molecule has 0 saturated carbocycles. The lowest BCUT2D eigenvalue weighted by molar-refractivity contribution is -0.576. The molecule has 0 saturated heterocycles. The highest BCUT2D eigenvalue weighted by atomic mass is 32.1. The summed E-state index contributed by atoms with van der Waals surface area (Å²) in [6.45, 7) is 8.57. The lowest BCUT2D eigenvalue weighted by Gasteiger charge is -2.14. The second-order valence-corrected chi connectivity index (χ2v) is 7.58. The van der Waals surface area contributed by atoms with Crippen molar-refractivity contribution in [2.24, 2.45) is 0 Å². The monoisotopic (exact) mass is 419 g/mol. The fourth-order valence-corrected chi connectivity index (χ4v) is 3.45. The van der Waals surface area contributed by atoms with E-state index < -0.39 is 0 Å². The minimum absolute atomic E-state index is 0.111. The number of benzene rings is 2. The number of aliphatic hydroxyl groups is 1. The zero-order valence-electron chi connectivity index (χ0n) is 17.8. The van der Waals surface area contributed by atoms with Crippen molar-refractivity contribution in [3.63, 3.8) is 0 Å². The molecule has 0 bridgehead atoms. The van der Waals surface area contributed by atoms with Crippen LogP contribution in [-0.4, -0.2) is 16.7 Å². The van der Waals surface area contributed by atoms with Crippen LogP contribution in [0.2, 0.25) is 0 Å². The van der Waals surface area contributed by atoms with Gasteiger partial charge in [0.15, 0.2) is 23.1 Å². The van der Waals surface area contributed by atoms with Crippen LogP contribution < -0.4 is 14.6 Å². The Morgan fingerprint density at radius 2 is 1.80 bits per heavy atom. The first kappa shape index (κ1) is 21.5. The molecule has 3 rings (SSSR count). The first-order chi connectivity index (χ1) is 14.4. The van der Waals surface area contributed by atoms with Crippen molar-refractivity contribution in [1.29, 1.82) is 0 Å². The number of aliphatic hydroxyl groups excluding tert-OH is 1. The summed E-state index contributed by atoms with van der Waals surface area (Å²) in [7, 11) is 0. The van der Waals surface area contributed by atoms with Gasteiger partial charge in [-0.15, -0.1) is 0 Å². The molecule has 3 aromatic rings. The second-order valence-electron chi connectivity index (χ2n) is 7.17. The van der Waals surface area contributed by atoms with Gasteiger partial charge in [-0.05, 0) is 63.1 Å². The maximum Gasteiger partial charge on any atom is 0.288 e. The van der Waals surface area contributed by atoms with Gasteiger partial charge in [0, 0.05) is 17.2 Å². The summed E-state index contributed by atoms with van der Waals surface area (Å²) in [5, 5.41) is 14.5. The third kappa shape index (κ3) is 4.86. The number of hydrogen-bond acceptors (Lipinski definition) is 3. The predicted molar refractivity (Wildman–Crippen MR) is 127 cm³/mol. The highest BCUT2D eigenvalue weighted by molar-refractivity contribution is 7.81. The molecular weight excluding hydrogens is 392 g/mol. The molecule has 30 heavy (non-hydrogen) atoms. The van der Waals surface area contributed by atoms with Crippen LogP contribution in [0.1, 0.15) is 29.2 Å². The number of rotatable bonds is 6. The minimum atomic E-state index is 0.111. The molecule has 0 aliphatic carbocycles. The Hall–Kier alpha value is -3.18. The van der Waals surface area contributed by atoms with Crippen molar-refractivity contribution in [3.05, 3.63) is 89.2 Å². The van der Waals surface area contributed by atoms with Crippen molar-refractivity contribution < 1.29 is 14.4 Å². The van der Waals surface area contributed by atoms with Crippen LogP contribution in [0.5, 0.6) is 5.75 Å². The van der Waals surface area contributed by atoms with Crippen LogP contribution in [0.15, 0.2) is 67.0 Å². The molecule has 0 fully saturated rings. The van der Waals surface area contributed by atoms with E-state index in [-0.39, 0.29) is 5.76 Å². The van der Waals surface area contributed by atoms with Crippen molar-refractivity contribution in [3.8, 4) is 5.75 Å². The molecule has 0 unspecified atom stereocenters. The third-order valence-corrected chi connectivity index (χ3v) is 5.16. The van der Waals surface area contributed by atoms with Crippen molar-refractivity contribution >= 4 is 34.3 Å². The number of anilines is 1. The average molecular weight is 420 g/mol. The van der Waals surface area contributed by atoms with Gasteiger partial charge in [-0.25, -0.2) is 0 Å². The number of nitrogens with one attached hydrogen (secondary N) is 1. The van der Waals surface area contributed by atoms with E-state index in [0.29, 0.717) is 28.6 Å². The summed E-state index contributed by atoms with van der Waals surface area (Å²) < 4.78 is 7.55. The summed E-state index contributed by atoms with van der Waals surface area (Å²) >= 11 is 5.76. The number of hydrogen-bond donors (Lipinski definition) is 2. The highest BCUT2D eigenvalue weighted by Crippen LogP contribution is 2.26. The number of para-hydroxylation sites is 2. The normalized spacial score (nSPS) is 11.6. The van der Waals surface area contributed by atoms with Crippen molar-refractivity contribution in [2.45, 2.75) is 27.7 Å². The molecule has 2 aromatic carbocycles. The van der Waals surface area contributed by atoms with E-state index in [1.165, 1.54) is 5.56 Å². The summed E-state index contributed by atoms with van der Waals surface area (Å²) in [5.74, 6) is 0.821. The Labute approximate surface area is 183 Å². The first-order valence-electron chi connectivity index (χ1n) is 9.93. The third-order valence-electron chi connectivity index (χ3n) is 4.86. The molecule has 2 N–H and O–H groups in total. The minimum Gasteiger partial charge on any atom is -0.502 e. The molecule has 4 nitrogen and oxygen atoms in total. The molecule has 0 aliphatic rings. The van der Waals surface area contributed by atoms with Crippen LogP contribution in [0.3, 0.4) is 0 Å². The predicted octanol–water partition coefficient (Wildman–Crippen LogP) is 5.62. The molecule has 0 atom stereocenters. The molecule has 0 amide bonds. The standard InChI is InChI=1S/C25H26N2O2S/c1-5-29-22-11-7-6-10-21(22)26-25(30)23(27-14-8-9-17(2)16-27)24(28)20-13-12-18(3)19(4)15-20/h6-16H,5H2,1-4H3,(H-,26,28,30)/p+1. The zero-order chi connectivity index (χ0) is 21.7. The van der Waals surface area contributed by atoms with E-state index in [1.54, 1.807) is 0 Å². The fraction of sp³-hybridized carbons (Fsp3) is 0.200. The quantitative estimate of drug-likeness (QED) is 0.236. The van der Waals surface area contributed by atoms with Gasteiger partial charge in [-0.1, -0.05) is 36.5 Å². The Morgan fingerprint density at radius 1 is 1.03 bits per heavy atom. The first-order valence-corrected chi connectivity index (χ1v) is 10.3. The Balaban J connectivity index is 2.10. The molecule has 0 aliphatic heterocycles. The molecule has 1 aromatic heterocycles. The maximum absolute atomic E-state index is 11.3. The molecule has 154 valence electrons. The average Bonchev–Trinajstić information content (AvgIpc) is 2.72. The van der Waals surface area contributed by atoms with Crippen LogP contribution >= 0.6 is 12.2 Å². The summed E-state index contributed by atoms with van der Waals surface area (Å²) in [6, 6.07) is 17.4. The van der Waals surface area contributed by atoms with Gasteiger partial charge in [0.2, 0.25) is 0 Å². The molecular formula is C25H27N2O2S+. The van der Waals surface area contributed by atoms with Crippen LogP contribution in [0, 0.1) is 20.8 Å². The lowest BCUT2D eigenvalue weighted by Crippen LogP contribution is -2.38. The van der Waals surface area contributed by atoms with E-state index in [2.05, 4.69) is 5.32 Å². The van der Waals surface area contributed by atoms with Crippen molar-refractivity contribution in [2.75, 3.05) is 11.9 Å². The number of aryl methyl sites for hydroxylation is 3. The fourth-order valence-electron chi connectivity index (χ4n) is 3.14.